The third-order valence-corrected chi connectivity index (χ3v) is 4.68. The maximum atomic E-state index is 12.6. The van der Waals surface area contributed by atoms with Gasteiger partial charge in [0, 0.05) is 31.3 Å². The lowest BCUT2D eigenvalue weighted by Crippen LogP contribution is -2.33. The van der Waals surface area contributed by atoms with E-state index in [1.165, 1.54) is 0 Å². The Morgan fingerprint density at radius 3 is 3.07 bits per heavy atom. The lowest BCUT2D eigenvalue weighted by molar-refractivity contribution is -0.147. The summed E-state index contributed by atoms with van der Waals surface area (Å²) in [5.41, 5.74) is 0.977. The molecule has 4 rings (SSSR count). The second-order valence-electron chi connectivity index (χ2n) is 6.70. The van der Waals surface area contributed by atoms with Crippen LogP contribution in [-0.4, -0.2) is 47.3 Å². The number of ether oxygens (including phenoxy) is 4. The molecule has 3 N–H and O–H groups in total. The fraction of sp³-hybridized carbons (Fsp3) is 0.400. The maximum Gasteiger partial charge on any atom is 0.286 e. The van der Waals surface area contributed by atoms with Crippen molar-refractivity contribution in [3.63, 3.8) is 0 Å². The Balaban J connectivity index is 1.50. The molecule has 0 fully saturated rings. The Hall–Kier alpha value is -3.04. The minimum absolute atomic E-state index is 0.0324. The molecule has 1 amide bonds. The van der Waals surface area contributed by atoms with Crippen molar-refractivity contribution < 1.29 is 28.8 Å². The van der Waals surface area contributed by atoms with Gasteiger partial charge in [-0.2, -0.15) is 0 Å². The predicted molar refractivity (Wildman–Crippen MR) is 101 cm³/mol. The highest BCUT2D eigenvalue weighted by molar-refractivity contribution is 5.91. The number of H-pyrrole nitrogens is 1. The number of aromatic amines is 1. The summed E-state index contributed by atoms with van der Waals surface area (Å²) in [4.78, 5) is 19.7. The summed E-state index contributed by atoms with van der Waals surface area (Å²) >= 11 is 0. The quantitative estimate of drug-likeness (QED) is 0.575. The Morgan fingerprint density at radius 1 is 1.34 bits per heavy atom. The second-order valence-corrected chi connectivity index (χ2v) is 6.70. The van der Waals surface area contributed by atoms with Crippen LogP contribution in [0.2, 0.25) is 0 Å². The van der Waals surface area contributed by atoms with Crippen LogP contribution in [0, 0.1) is 0 Å². The van der Waals surface area contributed by atoms with Crippen molar-refractivity contribution in [1.29, 1.82) is 0 Å². The molecular weight excluding hydrogens is 378 g/mol. The molecule has 2 aromatic rings. The predicted octanol–water partition coefficient (Wildman–Crippen LogP) is 1.57. The first-order valence-corrected chi connectivity index (χ1v) is 9.50. The summed E-state index contributed by atoms with van der Waals surface area (Å²) in [6, 6.07) is 5.72. The number of aromatic nitrogens is 2. The van der Waals surface area contributed by atoms with E-state index in [9.17, 15) is 4.79 Å². The molecule has 2 aliphatic heterocycles. The number of aliphatic hydroxyl groups is 1. The molecule has 0 bridgehead atoms. The summed E-state index contributed by atoms with van der Waals surface area (Å²) in [6.45, 7) is 0.841. The first-order chi connectivity index (χ1) is 14.2. The minimum Gasteiger partial charge on any atom is -0.459 e. The molecule has 9 heteroatoms. The van der Waals surface area contributed by atoms with Crippen LogP contribution in [0.5, 0.6) is 11.5 Å². The van der Waals surface area contributed by atoms with Crippen molar-refractivity contribution in [3.05, 3.63) is 53.8 Å². The topological polar surface area (TPSA) is 115 Å². The van der Waals surface area contributed by atoms with Crippen LogP contribution in [0.4, 0.5) is 0 Å². The van der Waals surface area contributed by atoms with Gasteiger partial charge in [-0.3, -0.25) is 4.79 Å². The zero-order chi connectivity index (χ0) is 20.1. The molecule has 0 saturated carbocycles. The van der Waals surface area contributed by atoms with Crippen molar-refractivity contribution >= 4 is 5.91 Å². The van der Waals surface area contributed by atoms with E-state index in [4.69, 9.17) is 24.1 Å². The fourth-order valence-electron chi connectivity index (χ4n) is 3.22. The van der Waals surface area contributed by atoms with Gasteiger partial charge in [-0.25, -0.2) is 4.98 Å². The van der Waals surface area contributed by atoms with Crippen LogP contribution in [0.25, 0.3) is 0 Å². The van der Waals surface area contributed by atoms with E-state index in [0.29, 0.717) is 36.8 Å². The van der Waals surface area contributed by atoms with Gasteiger partial charge in [0.05, 0.1) is 13.2 Å². The van der Waals surface area contributed by atoms with E-state index in [1.807, 2.05) is 18.2 Å². The van der Waals surface area contributed by atoms with Crippen molar-refractivity contribution in [1.82, 2.24) is 15.3 Å². The van der Waals surface area contributed by atoms with Crippen LogP contribution >= 0.6 is 0 Å². The fourth-order valence-corrected chi connectivity index (χ4v) is 3.22. The standard InChI is InChI=1S/C20H23N3O6/c24-6-1-7-26-19-10-14(13-2-3-15-16(8-13)28-12-27-15)9-17(29-19)20(25)23-11-18-21-4-5-22-18/h2-5,8-9,14,19,24H,1,6-7,10-12H2,(H,21,22)(H,23,25)/t14-,19+/m0/s1. The number of imidazole rings is 1. The molecule has 2 atom stereocenters. The summed E-state index contributed by atoms with van der Waals surface area (Å²) in [5.74, 6) is 1.79. The Labute approximate surface area is 167 Å². The number of rotatable bonds is 8. The zero-order valence-electron chi connectivity index (χ0n) is 15.8. The number of nitrogens with one attached hydrogen (secondary N) is 2. The normalized spacial score (nSPS) is 20.1. The summed E-state index contributed by atoms with van der Waals surface area (Å²) in [6.07, 6.45) is 5.56. The maximum absolute atomic E-state index is 12.6. The molecule has 2 aliphatic rings. The average molecular weight is 401 g/mol. The van der Waals surface area contributed by atoms with Crippen LogP contribution < -0.4 is 14.8 Å². The molecule has 0 radical (unpaired) electrons. The lowest BCUT2D eigenvalue weighted by atomic mass is 9.92. The molecule has 0 aliphatic carbocycles. The molecule has 0 saturated heterocycles. The Bertz CT molecular complexity index is 867. The first kappa shape index (κ1) is 19.3. The van der Waals surface area contributed by atoms with Gasteiger partial charge >= 0.3 is 0 Å². The van der Waals surface area contributed by atoms with Crippen molar-refractivity contribution in [2.45, 2.75) is 31.6 Å². The first-order valence-electron chi connectivity index (χ1n) is 9.50. The Morgan fingerprint density at radius 2 is 2.24 bits per heavy atom. The van der Waals surface area contributed by atoms with Crippen molar-refractivity contribution in [3.8, 4) is 11.5 Å². The third kappa shape index (κ3) is 4.69. The molecule has 3 heterocycles. The number of benzene rings is 1. The number of fused-ring (bicyclic) bond motifs is 1. The summed E-state index contributed by atoms with van der Waals surface area (Å²) in [5, 5.41) is 11.8. The number of allylic oxidation sites excluding steroid dienone is 1. The van der Waals surface area contributed by atoms with E-state index in [2.05, 4.69) is 15.3 Å². The highest BCUT2D eigenvalue weighted by Gasteiger charge is 2.29. The van der Waals surface area contributed by atoms with Gasteiger partial charge < -0.3 is 34.4 Å². The van der Waals surface area contributed by atoms with Crippen molar-refractivity contribution in [2.24, 2.45) is 0 Å². The van der Waals surface area contributed by atoms with E-state index in [-0.39, 0.29) is 37.5 Å². The Kier molecular flexibility index (Phi) is 5.97. The highest BCUT2D eigenvalue weighted by atomic mass is 16.7. The highest BCUT2D eigenvalue weighted by Crippen LogP contribution is 2.38. The zero-order valence-corrected chi connectivity index (χ0v) is 15.8. The number of amides is 1. The molecule has 0 unspecified atom stereocenters. The minimum atomic E-state index is -0.591. The van der Waals surface area contributed by atoms with Crippen LogP contribution in [0.3, 0.4) is 0 Å². The monoisotopic (exact) mass is 401 g/mol. The number of hydrogen-bond acceptors (Lipinski definition) is 7. The molecule has 1 aromatic heterocycles. The van der Waals surface area contributed by atoms with Crippen LogP contribution in [0.1, 0.15) is 30.1 Å². The smallest absolute Gasteiger partial charge is 0.286 e. The largest absolute Gasteiger partial charge is 0.459 e. The average Bonchev–Trinajstić information content (AvgIpc) is 3.43. The number of hydrogen-bond donors (Lipinski definition) is 3. The van der Waals surface area contributed by atoms with E-state index < -0.39 is 6.29 Å². The number of carbonyl (C=O) groups excluding carboxylic acids is 1. The molecule has 1 aromatic carbocycles. The van der Waals surface area contributed by atoms with E-state index in [1.54, 1.807) is 18.5 Å². The van der Waals surface area contributed by atoms with Gasteiger partial charge in [0.25, 0.3) is 5.91 Å². The van der Waals surface area contributed by atoms with E-state index in [0.717, 1.165) is 5.56 Å². The van der Waals surface area contributed by atoms with Gasteiger partial charge in [0.2, 0.25) is 13.1 Å². The third-order valence-electron chi connectivity index (χ3n) is 4.68. The summed E-state index contributed by atoms with van der Waals surface area (Å²) in [7, 11) is 0. The number of nitrogens with zero attached hydrogens (tertiary/aromatic N) is 1. The van der Waals surface area contributed by atoms with E-state index >= 15 is 0 Å². The SMILES string of the molecule is O=C(NCc1ncc[nH]1)C1=C[C@H](c2ccc3c(c2)OCO3)C[C@H](OCCCO)O1. The van der Waals surface area contributed by atoms with Crippen LogP contribution in [-0.2, 0) is 20.8 Å². The lowest BCUT2D eigenvalue weighted by Gasteiger charge is -2.29. The number of carbonyl (C=O) groups is 1. The molecule has 9 nitrogen and oxygen atoms in total. The second kappa shape index (κ2) is 8.97. The van der Waals surface area contributed by atoms with Gasteiger partial charge in [-0.05, 0) is 30.2 Å². The van der Waals surface area contributed by atoms with Crippen molar-refractivity contribution in [2.75, 3.05) is 20.0 Å². The molecule has 29 heavy (non-hydrogen) atoms. The van der Waals surface area contributed by atoms with Crippen LogP contribution in [0.15, 0.2) is 42.4 Å². The summed E-state index contributed by atoms with van der Waals surface area (Å²) < 4.78 is 22.3. The molecule has 154 valence electrons. The molecular formula is C20H23N3O6. The van der Waals surface area contributed by atoms with Gasteiger partial charge in [0.1, 0.15) is 5.82 Å². The van der Waals surface area contributed by atoms with Gasteiger partial charge in [0.15, 0.2) is 17.3 Å². The molecule has 0 spiro atoms. The van der Waals surface area contributed by atoms with Gasteiger partial charge in [-0.15, -0.1) is 0 Å². The van der Waals surface area contributed by atoms with Gasteiger partial charge in [-0.1, -0.05) is 6.07 Å². The number of aliphatic hydroxyl groups excluding tert-OH is 1.